The van der Waals surface area contributed by atoms with E-state index in [1.54, 1.807) is 6.08 Å². The Labute approximate surface area is 189 Å². The average molecular weight is 450 g/mol. The number of esters is 1. The molecule has 172 valence electrons. The third-order valence-electron chi connectivity index (χ3n) is 6.34. The highest BCUT2D eigenvalue weighted by Crippen LogP contribution is 2.37. The number of amides is 1. The molecule has 5 atom stereocenters. The first kappa shape index (κ1) is 24.1. The smallest absolute Gasteiger partial charge is 0.330 e. The van der Waals surface area contributed by atoms with E-state index in [-0.39, 0.29) is 23.7 Å². The first-order chi connectivity index (χ1) is 14.9. The monoisotopic (exact) mass is 449 g/mol. The molecule has 3 aliphatic rings. The molecule has 0 radical (unpaired) electrons. The summed E-state index contributed by atoms with van der Waals surface area (Å²) in [5.74, 6) is -1.03. The van der Waals surface area contributed by atoms with Gasteiger partial charge >= 0.3 is 5.97 Å². The molecule has 6 nitrogen and oxygen atoms in total. The van der Waals surface area contributed by atoms with Crippen LogP contribution < -0.4 is 5.32 Å². The van der Waals surface area contributed by atoms with E-state index in [1.807, 2.05) is 6.92 Å². The fourth-order valence-corrected chi connectivity index (χ4v) is 5.31. The fourth-order valence-electron chi connectivity index (χ4n) is 4.42. The third kappa shape index (κ3) is 6.96. The van der Waals surface area contributed by atoms with Gasteiger partial charge in [0.1, 0.15) is 6.10 Å². The lowest BCUT2D eigenvalue weighted by atomic mass is 9.89. The Hall–Kier alpha value is -1.57. The van der Waals surface area contributed by atoms with Crippen LogP contribution in [0.1, 0.15) is 65.2 Å². The van der Waals surface area contributed by atoms with Crippen LogP contribution in [0, 0.1) is 5.92 Å². The first-order valence-electron chi connectivity index (χ1n) is 11.5. The second kappa shape index (κ2) is 11.3. The van der Waals surface area contributed by atoms with Crippen LogP contribution in [0.3, 0.4) is 0 Å². The number of hydrogen-bond acceptors (Lipinski definition) is 6. The van der Waals surface area contributed by atoms with Gasteiger partial charge in [0.2, 0.25) is 0 Å². The summed E-state index contributed by atoms with van der Waals surface area (Å²) in [5, 5.41) is 13.9. The highest BCUT2D eigenvalue weighted by atomic mass is 32.2. The van der Waals surface area contributed by atoms with E-state index in [2.05, 4.69) is 36.5 Å². The van der Waals surface area contributed by atoms with Crippen LogP contribution in [-0.4, -0.2) is 46.1 Å². The highest BCUT2D eigenvalue weighted by molar-refractivity contribution is 8.14. The Kier molecular flexibility index (Phi) is 8.81. The molecular formula is C24H35NO5S. The lowest BCUT2D eigenvalue weighted by molar-refractivity contribution is -0.283. The molecule has 0 aromatic carbocycles. The zero-order valence-electron chi connectivity index (χ0n) is 18.5. The van der Waals surface area contributed by atoms with E-state index in [4.69, 9.17) is 9.47 Å². The summed E-state index contributed by atoms with van der Waals surface area (Å²) in [6.45, 7) is 4.21. The molecular weight excluding hydrogens is 414 g/mol. The largest absolute Gasteiger partial charge is 0.459 e. The van der Waals surface area contributed by atoms with Crippen LogP contribution in [-0.2, 0) is 14.3 Å². The zero-order valence-corrected chi connectivity index (χ0v) is 19.4. The Morgan fingerprint density at radius 3 is 2.77 bits per heavy atom. The number of carbonyl (C=O) groups excluding carboxylic acids is 2. The van der Waals surface area contributed by atoms with Crippen LogP contribution in [0.2, 0.25) is 0 Å². The van der Waals surface area contributed by atoms with Crippen LogP contribution in [0.4, 0.5) is 4.79 Å². The van der Waals surface area contributed by atoms with E-state index in [0.717, 1.165) is 55.9 Å². The van der Waals surface area contributed by atoms with Gasteiger partial charge in [0, 0.05) is 24.7 Å². The Morgan fingerprint density at radius 1 is 1.23 bits per heavy atom. The van der Waals surface area contributed by atoms with Gasteiger partial charge in [-0.1, -0.05) is 55.5 Å². The lowest BCUT2D eigenvalue weighted by Gasteiger charge is -2.43. The second-order valence-electron chi connectivity index (χ2n) is 8.63. The van der Waals surface area contributed by atoms with Crippen LogP contribution in [0.5, 0.6) is 0 Å². The van der Waals surface area contributed by atoms with Crippen LogP contribution in [0.25, 0.3) is 0 Å². The summed E-state index contributed by atoms with van der Waals surface area (Å²) in [5.41, 5.74) is 1.05. The van der Waals surface area contributed by atoms with Crippen molar-refractivity contribution in [2.45, 2.75) is 89.3 Å². The molecule has 0 aliphatic carbocycles. The quantitative estimate of drug-likeness (QED) is 0.611. The van der Waals surface area contributed by atoms with Crippen molar-refractivity contribution in [1.29, 1.82) is 0 Å². The normalized spacial score (nSPS) is 39.1. The maximum absolute atomic E-state index is 12.6. The van der Waals surface area contributed by atoms with E-state index < -0.39 is 17.9 Å². The number of allylic oxidation sites excluding steroid dienone is 5. The number of thioether (sulfide) groups is 1. The van der Waals surface area contributed by atoms with Gasteiger partial charge in [-0.2, -0.15) is 0 Å². The van der Waals surface area contributed by atoms with Crippen molar-refractivity contribution in [1.82, 2.24) is 5.32 Å². The van der Waals surface area contributed by atoms with E-state index in [9.17, 15) is 14.7 Å². The summed E-state index contributed by atoms with van der Waals surface area (Å²) in [4.78, 5) is 24.3. The molecule has 2 fully saturated rings. The molecule has 1 amide bonds. The van der Waals surface area contributed by atoms with Crippen molar-refractivity contribution in [2.24, 2.45) is 5.92 Å². The van der Waals surface area contributed by atoms with Crippen molar-refractivity contribution in [3.8, 4) is 0 Å². The maximum atomic E-state index is 12.6. The standard InChI is InChI=1S/C24H35NO5S/c1-3-17-9-7-5-6-8-10-18(4-2)13-22(26)29-20-14-19(12-11-17)30-24(28,15-20)21-16-31-23(27)25-21/h5-7,9,13,17,19-21,28H,3-4,8,10-12,14-16H2,1-2H3,(H,25,27)/b6-5-,9-7+,18-13+/t17-,19-,20-,21-,24+/m0/s1. The zero-order chi connectivity index (χ0) is 22.3. The summed E-state index contributed by atoms with van der Waals surface area (Å²) < 4.78 is 11.9. The van der Waals surface area contributed by atoms with Crippen molar-refractivity contribution in [3.63, 3.8) is 0 Å². The van der Waals surface area contributed by atoms with E-state index in [0.29, 0.717) is 18.1 Å². The number of aliphatic hydroxyl groups is 1. The van der Waals surface area contributed by atoms with Crippen molar-refractivity contribution < 1.29 is 24.2 Å². The molecule has 0 aromatic heterocycles. The minimum atomic E-state index is -1.53. The number of nitrogens with one attached hydrogen (secondary N) is 1. The topological polar surface area (TPSA) is 84.9 Å². The average Bonchev–Trinajstić information content (AvgIpc) is 3.18. The molecule has 2 N–H and O–H groups in total. The summed E-state index contributed by atoms with van der Waals surface area (Å²) in [6.07, 6.45) is 15.4. The van der Waals surface area contributed by atoms with E-state index >= 15 is 0 Å². The molecule has 7 heteroatoms. The fraction of sp³-hybridized carbons (Fsp3) is 0.667. The molecule has 31 heavy (non-hydrogen) atoms. The van der Waals surface area contributed by atoms with Gasteiger partial charge in [-0.15, -0.1) is 0 Å². The van der Waals surface area contributed by atoms with Crippen molar-refractivity contribution >= 4 is 23.0 Å². The number of carbonyl (C=O) groups is 2. The number of hydrogen-bond donors (Lipinski definition) is 2. The molecule has 0 spiro atoms. The molecule has 0 unspecified atom stereocenters. The Bertz CT molecular complexity index is 733. The number of rotatable bonds is 3. The molecule has 0 aromatic rings. The maximum Gasteiger partial charge on any atom is 0.330 e. The summed E-state index contributed by atoms with van der Waals surface area (Å²) >= 11 is 1.14. The minimum absolute atomic E-state index is 0.160. The molecule has 3 rings (SSSR count). The van der Waals surface area contributed by atoms with Crippen LogP contribution >= 0.6 is 11.8 Å². The molecule has 2 saturated heterocycles. The molecule has 2 bridgehead atoms. The number of ether oxygens (including phenoxy) is 2. The van der Waals surface area contributed by atoms with Gasteiger partial charge in [0.15, 0.2) is 5.79 Å². The summed E-state index contributed by atoms with van der Waals surface area (Å²) in [7, 11) is 0. The van der Waals surface area contributed by atoms with Gasteiger partial charge in [-0.05, 0) is 44.4 Å². The van der Waals surface area contributed by atoms with Gasteiger partial charge < -0.3 is 19.9 Å². The molecule has 0 saturated carbocycles. The van der Waals surface area contributed by atoms with Gasteiger partial charge in [-0.25, -0.2) is 4.79 Å². The lowest BCUT2D eigenvalue weighted by Crippen LogP contribution is -2.58. The van der Waals surface area contributed by atoms with E-state index in [1.165, 1.54) is 0 Å². The third-order valence-corrected chi connectivity index (χ3v) is 7.22. The van der Waals surface area contributed by atoms with Crippen molar-refractivity contribution in [2.75, 3.05) is 5.75 Å². The van der Waals surface area contributed by atoms with Crippen LogP contribution in [0.15, 0.2) is 36.0 Å². The number of fused-ring (bicyclic) bond motifs is 2. The van der Waals surface area contributed by atoms with Gasteiger partial charge in [0.05, 0.1) is 12.1 Å². The predicted molar refractivity (Wildman–Crippen MR) is 123 cm³/mol. The molecule has 3 heterocycles. The molecule has 3 aliphatic heterocycles. The van der Waals surface area contributed by atoms with Gasteiger partial charge in [-0.3, -0.25) is 4.79 Å². The first-order valence-corrected chi connectivity index (χ1v) is 12.5. The Balaban J connectivity index is 1.81. The van der Waals surface area contributed by atoms with Crippen molar-refractivity contribution in [3.05, 3.63) is 36.0 Å². The predicted octanol–water partition coefficient (Wildman–Crippen LogP) is 4.64. The van der Waals surface area contributed by atoms with Gasteiger partial charge in [0.25, 0.3) is 5.24 Å². The highest BCUT2D eigenvalue weighted by Gasteiger charge is 2.49. The Morgan fingerprint density at radius 2 is 2.06 bits per heavy atom. The second-order valence-corrected chi connectivity index (χ2v) is 9.63. The summed E-state index contributed by atoms with van der Waals surface area (Å²) in [6, 6.07) is -0.506. The minimum Gasteiger partial charge on any atom is -0.459 e. The SMILES string of the molecule is CC/C1=C\C(=O)O[C@H]2C[C@H](CC[C@@H](CC)/C=C/C=C\CC1)O[C@@](O)([C@@H]1CSC(=O)N1)C2.